The van der Waals surface area contributed by atoms with Crippen LogP contribution in [0.15, 0.2) is 17.5 Å². The number of aromatic amines is 1. The summed E-state index contributed by atoms with van der Waals surface area (Å²) in [4.78, 5) is 1.24. The number of H-pyrrole nitrogens is 1. The summed E-state index contributed by atoms with van der Waals surface area (Å²) in [6.07, 6.45) is 0.739. The fraction of sp³-hybridized carbons (Fsp3) is 0.182. The van der Waals surface area contributed by atoms with E-state index in [2.05, 4.69) is 26.5 Å². The molecule has 17 heavy (non-hydrogen) atoms. The molecular formula is C11H9ClN4S. The van der Waals surface area contributed by atoms with Gasteiger partial charge in [-0.05, 0) is 18.4 Å². The molecule has 0 saturated heterocycles. The number of aromatic nitrogens is 4. The van der Waals surface area contributed by atoms with E-state index in [-0.39, 0.29) is 0 Å². The van der Waals surface area contributed by atoms with Gasteiger partial charge in [-0.3, -0.25) is 5.10 Å². The fourth-order valence-corrected chi connectivity index (χ4v) is 2.77. The summed E-state index contributed by atoms with van der Waals surface area (Å²) in [5, 5.41) is 18.6. The van der Waals surface area contributed by atoms with Gasteiger partial charge in [-0.1, -0.05) is 17.7 Å². The normalized spacial score (nSPS) is 11.2. The van der Waals surface area contributed by atoms with Gasteiger partial charge in [0, 0.05) is 17.0 Å². The molecule has 0 atom stereocenters. The van der Waals surface area contributed by atoms with Crippen molar-refractivity contribution < 1.29 is 0 Å². The van der Waals surface area contributed by atoms with E-state index in [1.165, 1.54) is 4.88 Å². The van der Waals surface area contributed by atoms with Crippen molar-refractivity contribution >= 4 is 33.8 Å². The third-order valence-electron chi connectivity index (χ3n) is 2.61. The number of hydrogen-bond acceptors (Lipinski definition) is 4. The Morgan fingerprint density at radius 3 is 3.06 bits per heavy atom. The van der Waals surface area contributed by atoms with E-state index in [0.29, 0.717) is 5.15 Å². The quantitative estimate of drug-likeness (QED) is 0.774. The first-order chi connectivity index (χ1) is 8.25. The Hall–Kier alpha value is -1.46. The molecule has 0 saturated carbocycles. The Labute approximate surface area is 107 Å². The maximum absolute atomic E-state index is 6.03. The lowest BCUT2D eigenvalue weighted by Gasteiger charge is -1.99. The first kappa shape index (κ1) is 10.7. The Kier molecular flexibility index (Phi) is 2.57. The zero-order valence-electron chi connectivity index (χ0n) is 9.07. The van der Waals surface area contributed by atoms with Crippen LogP contribution in [0.3, 0.4) is 0 Å². The van der Waals surface area contributed by atoms with Crippen LogP contribution in [0.2, 0.25) is 5.15 Å². The van der Waals surface area contributed by atoms with E-state index in [1.54, 1.807) is 11.3 Å². The van der Waals surface area contributed by atoms with Crippen LogP contribution in [0.25, 0.3) is 10.9 Å². The van der Waals surface area contributed by atoms with Crippen molar-refractivity contribution in [1.29, 1.82) is 0 Å². The van der Waals surface area contributed by atoms with Crippen LogP contribution in [-0.4, -0.2) is 20.4 Å². The molecule has 86 valence electrons. The average molecular weight is 265 g/mol. The van der Waals surface area contributed by atoms with E-state index in [0.717, 1.165) is 28.7 Å². The summed E-state index contributed by atoms with van der Waals surface area (Å²) < 4.78 is 0. The molecule has 0 bridgehead atoms. The van der Waals surface area contributed by atoms with Crippen molar-refractivity contribution in [2.24, 2.45) is 0 Å². The fourth-order valence-electron chi connectivity index (χ4n) is 1.79. The van der Waals surface area contributed by atoms with Crippen LogP contribution < -0.4 is 0 Å². The number of halogens is 1. The first-order valence-corrected chi connectivity index (χ1v) is 6.39. The summed E-state index contributed by atoms with van der Waals surface area (Å²) >= 11 is 7.73. The third kappa shape index (κ3) is 1.81. The molecule has 3 heterocycles. The summed E-state index contributed by atoms with van der Waals surface area (Å²) in [5.41, 5.74) is 2.60. The number of aryl methyl sites for hydroxylation is 1. The smallest absolute Gasteiger partial charge is 0.162 e. The zero-order chi connectivity index (χ0) is 11.8. The number of fused-ring (bicyclic) bond motifs is 1. The molecule has 3 aromatic heterocycles. The maximum atomic E-state index is 6.03. The van der Waals surface area contributed by atoms with Gasteiger partial charge < -0.3 is 0 Å². The molecule has 0 radical (unpaired) electrons. The van der Waals surface area contributed by atoms with Crippen molar-refractivity contribution in [1.82, 2.24) is 20.4 Å². The third-order valence-corrected chi connectivity index (χ3v) is 3.75. The molecule has 0 aromatic carbocycles. The monoisotopic (exact) mass is 264 g/mol. The first-order valence-electron chi connectivity index (χ1n) is 5.14. The maximum Gasteiger partial charge on any atom is 0.162 e. The van der Waals surface area contributed by atoms with E-state index in [9.17, 15) is 0 Å². The minimum absolute atomic E-state index is 0.404. The number of nitrogens with one attached hydrogen (secondary N) is 1. The average Bonchev–Trinajstić information content (AvgIpc) is 2.93. The Morgan fingerprint density at radius 2 is 2.29 bits per heavy atom. The molecule has 0 amide bonds. The van der Waals surface area contributed by atoms with Crippen LogP contribution in [0.1, 0.15) is 16.3 Å². The number of thiophene rings is 1. The lowest BCUT2D eigenvalue weighted by atomic mass is 10.2. The summed E-state index contributed by atoms with van der Waals surface area (Å²) in [6, 6.07) is 4.10. The number of nitrogens with zero attached hydrogens (tertiary/aromatic N) is 3. The van der Waals surface area contributed by atoms with Gasteiger partial charge in [0.15, 0.2) is 5.15 Å². The molecule has 6 heteroatoms. The second kappa shape index (κ2) is 4.09. The predicted octanol–water partition coefficient (Wildman–Crippen LogP) is 2.97. The molecule has 0 unspecified atom stereocenters. The largest absolute Gasteiger partial charge is 0.281 e. The van der Waals surface area contributed by atoms with Gasteiger partial charge >= 0.3 is 0 Å². The van der Waals surface area contributed by atoms with Gasteiger partial charge in [-0.2, -0.15) is 10.2 Å². The van der Waals surface area contributed by atoms with Crippen molar-refractivity contribution in [3.8, 4) is 0 Å². The Balaban J connectivity index is 2.14. The van der Waals surface area contributed by atoms with E-state index >= 15 is 0 Å². The molecule has 0 aliphatic heterocycles. The molecule has 0 aliphatic rings. The molecular weight excluding hydrogens is 256 g/mol. The van der Waals surface area contributed by atoms with Gasteiger partial charge in [0.1, 0.15) is 5.52 Å². The number of hydrogen-bond donors (Lipinski definition) is 1. The van der Waals surface area contributed by atoms with Gasteiger partial charge in [-0.15, -0.1) is 16.4 Å². The van der Waals surface area contributed by atoms with Crippen LogP contribution in [0.4, 0.5) is 0 Å². The molecule has 3 rings (SSSR count). The van der Waals surface area contributed by atoms with Gasteiger partial charge in [0.2, 0.25) is 0 Å². The second-order valence-electron chi connectivity index (χ2n) is 3.77. The van der Waals surface area contributed by atoms with Crippen LogP contribution in [-0.2, 0) is 6.42 Å². The summed E-state index contributed by atoms with van der Waals surface area (Å²) in [6.45, 7) is 1.93. The summed E-state index contributed by atoms with van der Waals surface area (Å²) in [7, 11) is 0. The molecule has 1 N–H and O–H groups in total. The van der Waals surface area contributed by atoms with E-state index in [4.69, 9.17) is 11.6 Å². The lowest BCUT2D eigenvalue weighted by Crippen LogP contribution is -1.95. The van der Waals surface area contributed by atoms with E-state index in [1.807, 2.05) is 18.4 Å². The molecule has 0 aliphatic carbocycles. The van der Waals surface area contributed by atoms with Gasteiger partial charge in [0.25, 0.3) is 0 Å². The Bertz CT molecular complexity index is 659. The van der Waals surface area contributed by atoms with Gasteiger partial charge in [0.05, 0.1) is 11.1 Å². The van der Waals surface area contributed by atoms with Crippen molar-refractivity contribution in [2.45, 2.75) is 13.3 Å². The highest BCUT2D eigenvalue weighted by molar-refractivity contribution is 7.09. The topological polar surface area (TPSA) is 54.5 Å². The predicted molar refractivity (Wildman–Crippen MR) is 68.6 cm³/mol. The van der Waals surface area contributed by atoms with Crippen LogP contribution in [0, 0.1) is 6.92 Å². The number of rotatable bonds is 2. The van der Waals surface area contributed by atoms with Crippen molar-refractivity contribution in [3.63, 3.8) is 0 Å². The highest BCUT2D eigenvalue weighted by Crippen LogP contribution is 2.25. The van der Waals surface area contributed by atoms with Crippen molar-refractivity contribution in [3.05, 3.63) is 38.9 Å². The minimum Gasteiger partial charge on any atom is -0.281 e. The molecule has 3 aromatic rings. The Morgan fingerprint density at radius 1 is 1.41 bits per heavy atom. The van der Waals surface area contributed by atoms with E-state index < -0.39 is 0 Å². The SMILES string of the molecule is Cc1[nH]nc2c(Cc3cccs3)nnc(Cl)c12. The molecule has 0 fully saturated rings. The van der Waals surface area contributed by atoms with Gasteiger partial charge in [-0.25, -0.2) is 0 Å². The van der Waals surface area contributed by atoms with Crippen LogP contribution >= 0.6 is 22.9 Å². The second-order valence-corrected chi connectivity index (χ2v) is 5.16. The molecule has 4 nitrogen and oxygen atoms in total. The minimum atomic E-state index is 0.404. The van der Waals surface area contributed by atoms with Crippen molar-refractivity contribution in [2.75, 3.05) is 0 Å². The zero-order valence-corrected chi connectivity index (χ0v) is 10.6. The van der Waals surface area contributed by atoms with Crippen LogP contribution in [0.5, 0.6) is 0 Å². The highest BCUT2D eigenvalue weighted by Gasteiger charge is 2.13. The molecule has 0 spiro atoms. The standard InChI is InChI=1S/C11H9ClN4S/c1-6-9-10(15-13-6)8(14-16-11(9)12)5-7-3-2-4-17-7/h2-4H,5H2,1H3,(H,13,15). The summed E-state index contributed by atoms with van der Waals surface area (Å²) in [5.74, 6) is 0. The highest BCUT2D eigenvalue weighted by atomic mass is 35.5. The lowest BCUT2D eigenvalue weighted by molar-refractivity contribution is 0.956.